The molecule has 1 aromatic heterocycles. The molecule has 0 amide bonds. The fourth-order valence-electron chi connectivity index (χ4n) is 1.04. The van der Waals surface area contributed by atoms with Gasteiger partial charge in [0.1, 0.15) is 10.8 Å². The normalized spacial score (nSPS) is 10.2. The van der Waals surface area contributed by atoms with Gasteiger partial charge < -0.3 is 5.73 Å². The highest BCUT2D eigenvalue weighted by atomic mass is 32.2. The van der Waals surface area contributed by atoms with Gasteiger partial charge in [-0.25, -0.2) is 14.4 Å². The summed E-state index contributed by atoms with van der Waals surface area (Å²) in [7, 11) is 0. The van der Waals surface area contributed by atoms with Crippen molar-refractivity contribution in [3.63, 3.8) is 0 Å². The number of anilines is 1. The van der Waals surface area contributed by atoms with E-state index in [1.54, 1.807) is 24.4 Å². The minimum atomic E-state index is -0.249. The number of hydrogen-bond donors (Lipinski definition) is 1. The largest absolute Gasteiger partial charge is 0.368 e. The third kappa shape index (κ3) is 2.66. The monoisotopic (exact) mass is 221 g/mol. The van der Waals surface area contributed by atoms with Crippen molar-refractivity contribution in [3.05, 3.63) is 42.3 Å². The van der Waals surface area contributed by atoms with Crippen molar-refractivity contribution >= 4 is 17.7 Å². The maximum Gasteiger partial charge on any atom is 0.221 e. The predicted octanol–water partition coefficient (Wildman–Crippen LogP) is 2.35. The van der Waals surface area contributed by atoms with Crippen LogP contribution in [0, 0.1) is 5.82 Å². The molecular weight excluding hydrogens is 213 g/mol. The first-order valence-electron chi connectivity index (χ1n) is 4.26. The molecule has 0 saturated heterocycles. The van der Waals surface area contributed by atoms with E-state index in [0.717, 1.165) is 9.92 Å². The molecule has 0 atom stereocenters. The highest BCUT2D eigenvalue weighted by molar-refractivity contribution is 7.99. The van der Waals surface area contributed by atoms with Crippen LogP contribution in [0.5, 0.6) is 0 Å². The van der Waals surface area contributed by atoms with E-state index in [-0.39, 0.29) is 11.8 Å². The predicted molar refractivity (Wildman–Crippen MR) is 57.0 cm³/mol. The van der Waals surface area contributed by atoms with Crippen LogP contribution in [0.2, 0.25) is 0 Å². The van der Waals surface area contributed by atoms with Gasteiger partial charge in [0.25, 0.3) is 0 Å². The molecule has 5 heteroatoms. The quantitative estimate of drug-likeness (QED) is 0.791. The first-order valence-corrected chi connectivity index (χ1v) is 5.07. The highest BCUT2D eigenvalue weighted by Crippen LogP contribution is 2.25. The number of aromatic nitrogens is 2. The number of hydrogen-bond acceptors (Lipinski definition) is 4. The maximum absolute atomic E-state index is 12.6. The molecule has 0 aliphatic heterocycles. The Morgan fingerprint density at radius 3 is 2.53 bits per heavy atom. The third-order valence-electron chi connectivity index (χ3n) is 1.68. The molecule has 0 fully saturated rings. The Hall–Kier alpha value is -1.62. The summed E-state index contributed by atoms with van der Waals surface area (Å²) in [5, 5.41) is 0.745. The smallest absolute Gasteiger partial charge is 0.221 e. The molecule has 0 bridgehead atoms. The zero-order valence-electron chi connectivity index (χ0n) is 7.72. The van der Waals surface area contributed by atoms with Crippen LogP contribution in [0.25, 0.3) is 0 Å². The van der Waals surface area contributed by atoms with Gasteiger partial charge in [0, 0.05) is 11.1 Å². The van der Waals surface area contributed by atoms with Crippen molar-refractivity contribution in [3.8, 4) is 0 Å². The highest BCUT2D eigenvalue weighted by Gasteiger charge is 1.99. The molecule has 0 aliphatic rings. The summed E-state index contributed by atoms with van der Waals surface area (Å²) in [6.07, 6.45) is 1.59. The summed E-state index contributed by atoms with van der Waals surface area (Å²) < 4.78 is 12.6. The van der Waals surface area contributed by atoms with Crippen molar-refractivity contribution in [2.24, 2.45) is 0 Å². The van der Waals surface area contributed by atoms with E-state index in [1.165, 1.54) is 23.9 Å². The van der Waals surface area contributed by atoms with Crippen LogP contribution < -0.4 is 5.73 Å². The Morgan fingerprint density at radius 1 is 1.13 bits per heavy atom. The van der Waals surface area contributed by atoms with Crippen LogP contribution in [0.1, 0.15) is 0 Å². The summed E-state index contributed by atoms with van der Waals surface area (Å²) in [5.74, 6) is -0.0105. The molecule has 0 unspecified atom stereocenters. The minimum Gasteiger partial charge on any atom is -0.368 e. The Bertz CT molecular complexity index is 458. The Morgan fingerprint density at radius 2 is 1.87 bits per heavy atom. The number of benzene rings is 1. The van der Waals surface area contributed by atoms with Gasteiger partial charge in [-0.1, -0.05) is 11.8 Å². The number of nitrogens with two attached hydrogens (primary N) is 1. The molecule has 1 heterocycles. The summed E-state index contributed by atoms with van der Waals surface area (Å²) in [5.41, 5.74) is 5.44. The molecular formula is C10H8FN3S. The molecule has 76 valence electrons. The lowest BCUT2D eigenvalue weighted by molar-refractivity contribution is 0.626. The first kappa shape index (κ1) is 9.92. The van der Waals surface area contributed by atoms with Crippen LogP contribution in [0.15, 0.2) is 46.5 Å². The van der Waals surface area contributed by atoms with Gasteiger partial charge in [0.2, 0.25) is 5.95 Å². The van der Waals surface area contributed by atoms with Gasteiger partial charge in [-0.2, -0.15) is 0 Å². The lowest BCUT2D eigenvalue weighted by Gasteiger charge is -2.00. The van der Waals surface area contributed by atoms with Gasteiger partial charge in [0.05, 0.1) is 0 Å². The van der Waals surface area contributed by atoms with E-state index in [4.69, 9.17) is 5.73 Å². The van der Waals surface area contributed by atoms with Crippen LogP contribution >= 0.6 is 11.8 Å². The number of nitrogens with zero attached hydrogens (tertiary/aromatic N) is 2. The van der Waals surface area contributed by atoms with Crippen molar-refractivity contribution in [1.29, 1.82) is 0 Å². The summed E-state index contributed by atoms with van der Waals surface area (Å²) in [6, 6.07) is 7.96. The van der Waals surface area contributed by atoms with E-state index >= 15 is 0 Å². The topological polar surface area (TPSA) is 51.8 Å². The lowest BCUT2D eigenvalue weighted by Crippen LogP contribution is -1.93. The number of nitrogen functional groups attached to an aromatic ring is 1. The molecule has 0 saturated carbocycles. The van der Waals surface area contributed by atoms with E-state index in [9.17, 15) is 4.39 Å². The Balaban J connectivity index is 2.18. The second kappa shape index (κ2) is 4.27. The standard InChI is InChI=1S/C10H8FN3S/c11-7-1-3-8(4-2-7)15-9-5-6-13-10(12)14-9/h1-6H,(H2,12,13,14). The lowest BCUT2D eigenvalue weighted by atomic mass is 10.4. The zero-order chi connectivity index (χ0) is 10.7. The summed E-state index contributed by atoms with van der Waals surface area (Å²) >= 11 is 1.41. The van der Waals surface area contributed by atoms with E-state index in [1.807, 2.05) is 0 Å². The van der Waals surface area contributed by atoms with Crippen molar-refractivity contribution in [2.75, 3.05) is 5.73 Å². The van der Waals surface area contributed by atoms with Crippen LogP contribution in [0.4, 0.5) is 10.3 Å². The van der Waals surface area contributed by atoms with Gasteiger partial charge in [-0.15, -0.1) is 0 Å². The fraction of sp³-hybridized carbons (Fsp3) is 0. The molecule has 0 radical (unpaired) electrons. The van der Waals surface area contributed by atoms with E-state index in [2.05, 4.69) is 9.97 Å². The number of rotatable bonds is 2. The van der Waals surface area contributed by atoms with E-state index in [0.29, 0.717) is 0 Å². The molecule has 3 nitrogen and oxygen atoms in total. The van der Waals surface area contributed by atoms with Gasteiger partial charge in [-0.3, -0.25) is 0 Å². The first-order chi connectivity index (χ1) is 7.24. The van der Waals surface area contributed by atoms with E-state index < -0.39 is 0 Å². The van der Waals surface area contributed by atoms with Gasteiger partial charge >= 0.3 is 0 Å². The average molecular weight is 221 g/mol. The second-order valence-corrected chi connectivity index (χ2v) is 3.90. The molecule has 2 rings (SSSR count). The Kier molecular flexibility index (Phi) is 2.82. The van der Waals surface area contributed by atoms with Crippen LogP contribution in [0.3, 0.4) is 0 Å². The summed E-state index contributed by atoms with van der Waals surface area (Å²) in [6.45, 7) is 0. The second-order valence-electron chi connectivity index (χ2n) is 2.81. The van der Waals surface area contributed by atoms with Crippen LogP contribution in [-0.2, 0) is 0 Å². The molecule has 2 aromatic rings. The molecule has 1 aromatic carbocycles. The van der Waals surface area contributed by atoms with Crippen molar-refractivity contribution < 1.29 is 4.39 Å². The number of halogens is 1. The van der Waals surface area contributed by atoms with Crippen LogP contribution in [-0.4, -0.2) is 9.97 Å². The zero-order valence-corrected chi connectivity index (χ0v) is 8.54. The molecule has 0 aliphatic carbocycles. The van der Waals surface area contributed by atoms with Gasteiger partial charge in [0.15, 0.2) is 0 Å². The molecule has 0 spiro atoms. The Labute approximate surface area is 90.6 Å². The van der Waals surface area contributed by atoms with Crippen molar-refractivity contribution in [1.82, 2.24) is 9.97 Å². The average Bonchev–Trinajstić information content (AvgIpc) is 2.22. The van der Waals surface area contributed by atoms with Crippen molar-refractivity contribution in [2.45, 2.75) is 9.92 Å². The fourth-order valence-corrected chi connectivity index (χ4v) is 1.82. The maximum atomic E-state index is 12.6. The molecule has 2 N–H and O–H groups in total. The SMILES string of the molecule is Nc1nccc(Sc2ccc(F)cc2)n1. The molecule has 15 heavy (non-hydrogen) atoms. The summed E-state index contributed by atoms with van der Waals surface area (Å²) in [4.78, 5) is 8.73. The minimum absolute atomic E-state index is 0.238. The van der Waals surface area contributed by atoms with Gasteiger partial charge in [-0.05, 0) is 30.3 Å². The third-order valence-corrected chi connectivity index (χ3v) is 2.63.